The Balaban J connectivity index is 2.12. The predicted octanol–water partition coefficient (Wildman–Crippen LogP) is 3.92. The SMILES string of the molecule is CCOC1=Cc2c(c(C(=O)OC(C)(C)C)cn2S(=O)(=O)c2ccc(C)cc2)C1. The molecule has 0 unspecified atom stereocenters. The largest absolute Gasteiger partial charge is 0.498 e. The highest BCUT2D eigenvalue weighted by Gasteiger charge is 2.32. The molecule has 0 N–H and O–H groups in total. The number of hydrogen-bond donors (Lipinski definition) is 0. The monoisotopic (exact) mass is 403 g/mol. The molecule has 28 heavy (non-hydrogen) atoms. The minimum Gasteiger partial charge on any atom is -0.498 e. The van der Waals surface area contributed by atoms with Crippen LogP contribution in [0.3, 0.4) is 0 Å². The number of esters is 1. The average molecular weight is 404 g/mol. The molecule has 0 saturated carbocycles. The van der Waals surface area contributed by atoms with E-state index in [1.165, 1.54) is 6.20 Å². The molecule has 6 nitrogen and oxygen atoms in total. The molecule has 2 aromatic rings. The zero-order chi connectivity index (χ0) is 20.7. The standard InChI is InChI=1S/C21H25NO5S/c1-6-26-15-11-17-18(20(23)27-21(3,4)5)13-22(19(17)12-15)28(24,25)16-9-7-14(2)8-10-16/h7-10,12-13H,6,11H2,1-5H3. The van der Waals surface area contributed by atoms with E-state index in [2.05, 4.69) is 0 Å². The lowest BCUT2D eigenvalue weighted by Gasteiger charge is -2.19. The van der Waals surface area contributed by atoms with Crippen LogP contribution in [0.5, 0.6) is 0 Å². The lowest BCUT2D eigenvalue weighted by molar-refractivity contribution is 0.00686. The van der Waals surface area contributed by atoms with Gasteiger partial charge in [-0.25, -0.2) is 17.2 Å². The number of allylic oxidation sites excluding steroid dienone is 1. The van der Waals surface area contributed by atoms with Crippen LogP contribution in [0.15, 0.2) is 41.1 Å². The van der Waals surface area contributed by atoms with Crippen molar-refractivity contribution in [2.75, 3.05) is 6.61 Å². The molecule has 1 heterocycles. The second-order valence-corrected chi connectivity index (χ2v) is 9.56. The first-order valence-corrected chi connectivity index (χ1v) is 10.6. The minimum absolute atomic E-state index is 0.157. The summed E-state index contributed by atoms with van der Waals surface area (Å²) in [5.41, 5.74) is 1.56. The number of nitrogens with zero attached hydrogens (tertiary/aromatic N) is 1. The molecule has 0 spiro atoms. The number of hydrogen-bond acceptors (Lipinski definition) is 5. The fourth-order valence-corrected chi connectivity index (χ4v) is 4.43. The molecule has 0 amide bonds. The molecule has 0 aliphatic heterocycles. The van der Waals surface area contributed by atoms with Gasteiger partial charge in [0, 0.05) is 24.3 Å². The van der Waals surface area contributed by atoms with Gasteiger partial charge in [-0.1, -0.05) is 17.7 Å². The van der Waals surface area contributed by atoms with Crippen LogP contribution in [0.2, 0.25) is 0 Å². The summed E-state index contributed by atoms with van der Waals surface area (Å²) < 4.78 is 38.7. The van der Waals surface area contributed by atoms with Gasteiger partial charge in [-0.15, -0.1) is 0 Å². The second-order valence-electron chi connectivity index (χ2n) is 7.74. The maximum Gasteiger partial charge on any atom is 0.340 e. The predicted molar refractivity (Wildman–Crippen MR) is 107 cm³/mol. The van der Waals surface area contributed by atoms with E-state index >= 15 is 0 Å². The highest BCUT2D eigenvalue weighted by Crippen LogP contribution is 2.34. The Hall–Kier alpha value is -2.54. The van der Waals surface area contributed by atoms with Gasteiger partial charge in [0.25, 0.3) is 10.0 Å². The van der Waals surface area contributed by atoms with Crippen molar-refractivity contribution in [3.63, 3.8) is 0 Å². The number of aromatic nitrogens is 1. The molecule has 3 rings (SSSR count). The van der Waals surface area contributed by atoms with Crippen LogP contribution >= 0.6 is 0 Å². The van der Waals surface area contributed by atoms with Crippen molar-refractivity contribution < 1.29 is 22.7 Å². The number of rotatable bonds is 5. The molecule has 0 bridgehead atoms. The average Bonchev–Trinajstić information content (AvgIpc) is 3.12. The summed E-state index contributed by atoms with van der Waals surface area (Å²) in [5.74, 6) is 0.0820. The van der Waals surface area contributed by atoms with E-state index in [9.17, 15) is 13.2 Å². The first-order chi connectivity index (χ1) is 13.0. The van der Waals surface area contributed by atoms with E-state index in [1.54, 1.807) is 51.1 Å². The van der Waals surface area contributed by atoms with Gasteiger partial charge < -0.3 is 9.47 Å². The fourth-order valence-electron chi connectivity index (χ4n) is 3.06. The molecule has 1 aromatic heterocycles. The molecule has 0 fully saturated rings. The third-order valence-corrected chi connectivity index (χ3v) is 5.98. The van der Waals surface area contributed by atoms with Crippen LogP contribution in [0.1, 0.15) is 54.9 Å². The maximum atomic E-state index is 13.2. The van der Waals surface area contributed by atoms with Gasteiger partial charge in [0.15, 0.2) is 0 Å². The first-order valence-electron chi connectivity index (χ1n) is 9.16. The van der Waals surface area contributed by atoms with Crippen LogP contribution in [0.4, 0.5) is 0 Å². The highest BCUT2D eigenvalue weighted by atomic mass is 32.2. The van der Waals surface area contributed by atoms with Gasteiger partial charge in [0.1, 0.15) is 11.4 Å². The Morgan fingerprint density at radius 2 is 1.82 bits per heavy atom. The number of carbonyl (C=O) groups excluding carboxylic acids is 1. The summed E-state index contributed by atoms with van der Waals surface area (Å²) in [4.78, 5) is 12.9. The van der Waals surface area contributed by atoms with Gasteiger partial charge >= 0.3 is 5.97 Å². The normalized spacial score (nSPS) is 13.8. The third-order valence-electron chi connectivity index (χ3n) is 4.29. The van der Waals surface area contributed by atoms with E-state index in [-0.39, 0.29) is 10.5 Å². The zero-order valence-electron chi connectivity index (χ0n) is 16.8. The topological polar surface area (TPSA) is 74.6 Å². The summed E-state index contributed by atoms with van der Waals surface area (Å²) >= 11 is 0. The Bertz CT molecular complexity index is 1040. The number of fused-ring (bicyclic) bond motifs is 1. The Morgan fingerprint density at radius 1 is 1.18 bits per heavy atom. The van der Waals surface area contributed by atoms with Crippen LogP contribution in [-0.2, 0) is 25.9 Å². The number of carbonyl (C=O) groups is 1. The summed E-state index contributed by atoms with van der Waals surface area (Å²) in [6, 6.07) is 6.61. The van der Waals surface area contributed by atoms with Crippen molar-refractivity contribution in [3.05, 3.63) is 58.6 Å². The van der Waals surface area contributed by atoms with Crippen LogP contribution in [-0.4, -0.2) is 30.6 Å². The summed E-state index contributed by atoms with van der Waals surface area (Å²) in [5, 5.41) is 0. The van der Waals surface area contributed by atoms with Gasteiger partial charge in [0.2, 0.25) is 0 Å². The number of ether oxygens (including phenoxy) is 2. The van der Waals surface area contributed by atoms with Crippen molar-refractivity contribution in [3.8, 4) is 0 Å². The quantitative estimate of drug-likeness (QED) is 0.708. The summed E-state index contributed by atoms with van der Waals surface area (Å²) in [6.07, 6.45) is 3.39. The molecular weight excluding hydrogens is 378 g/mol. The lowest BCUT2D eigenvalue weighted by Crippen LogP contribution is -2.24. The second kappa shape index (κ2) is 7.13. The van der Waals surface area contributed by atoms with E-state index in [1.807, 2.05) is 13.8 Å². The Labute approximate surface area is 165 Å². The van der Waals surface area contributed by atoms with Gasteiger partial charge in [0.05, 0.1) is 22.8 Å². The Morgan fingerprint density at radius 3 is 2.39 bits per heavy atom. The van der Waals surface area contributed by atoms with Crippen molar-refractivity contribution in [2.24, 2.45) is 0 Å². The van der Waals surface area contributed by atoms with Crippen molar-refractivity contribution in [1.29, 1.82) is 0 Å². The molecule has 0 atom stereocenters. The fraction of sp³-hybridized carbons (Fsp3) is 0.381. The summed E-state index contributed by atoms with van der Waals surface area (Å²) in [6.45, 7) is 9.53. The van der Waals surface area contributed by atoms with E-state index < -0.39 is 21.6 Å². The van der Waals surface area contributed by atoms with E-state index in [0.717, 1.165) is 9.54 Å². The number of aryl methyl sites for hydroxylation is 1. The van der Waals surface area contributed by atoms with Gasteiger partial charge in [-0.05, 0) is 46.8 Å². The zero-order valence-corrected chi connectivity index (χ0v) is 17.6. The summed E-state index contributed by atoms with van der Waals surface area (Å²) in [7, 11) is -3.87. The van der Waals surface area contributed by atoms with E-state index in [0.29, 0.717) is 30.0 Å². The van der Waals surface area contributed by atoms with Gasteiger partial charge in [-0.3, -0.25) is 0 Å². The molecule has 150 valence electrons. The molecule has 1 aromatic carbocycles. The molecule has 0 saturated heterocycles. The molecule has 7 heteroatoms. The Kier molecular flexibility index (Phi) is 5.14. The smallest absolute Gasteiger partial charge is 0.340 e. The molecule has 1 aliphatic carbocycles. The molecular formula is C21H25NO5S. The van der Waals surface area contributed by atoms with Crippen LogP contribution in [0, 0.1) is 6.92 Å². The highest BCUT2D eigenvalue weighted by molar-refractivity contribution is 7.90. The van der Waals surface area contributed by atoms with E-state index in [4.69, 9.17) is 9.47 Å². The van der Waals surface area contributed by atoms with Crippen molar-refractivity contribution in [2.45, 2.75) is 51.5 Å². The van der Waals surface area contributed by atoms with Crippen LogP contribution < -0.4 is 0 Å². The lowest BCUT2D eigenvalue weighted by atomic mass is 10.1. The molecule has 0 radical (unpaired) electrons. The maximum absolute atomic E-state index is 13.2. The van der Waals surface area contributed by atoms with Crippen LogP contribution in [0.25, 0.3) is 6.08 Å². The minimum atomic E-state index is -3.87. The third kappa shape index (κ3) is 3.85. The molecule has 1 aliphatic rings. The van der Waals surface area contributed by atoms with Crippen molar-refractivity contribution in [1.82, 2.24) is 3.97 Å². The first kappa shape index (κ1) is 20.2. The van der Waals surface area contributed by atoms with Gasteiger partial charge in [-0.2, -0.15) is 0 Å². The van der Waals surface area contributed by atoms with Crippen molar-refractivity contribution >= 4 is 22.1 Å². The number of benzene rings is 1.